The molecular formula is C8H15ClN2O. The number of carbonyl (C=O) groups is 1. The van der Waals surface area contributed by atoms with E-state index in [0.717, 1.165) is 6.29 Å². The van der Waals surface area contributed by atoms with Crippen LogP contribution in [0.5, 0.6) is 0 Å². The molecule has 70 valence electrons. The second-order valence-electron chi connectivity index (χ2n) is 2.80. The van der Waals surface area contributed by atoms with Crippen LogP contribution in [0.25, 0.3) is 0 Å². The fourth-order valence-electron chi connectivity index (χ4n) is 0.690. The molecule has 0 saturated carbocycles. The maximum Gasteiger partial charge on any atom is 0.175 e. The van der Waals surface area contributed by atoms with Gasteiger partial charge in [-0.05, 0) is 0 Å². The molecular weight excluding hydrogens is 176 g/mol. The molecule has 0 fully saturated rings. The van der Waals surface area contributed by atoms with Gasteiger partial charge in [0.15, 0.2) is 12.5 Å². The fraction of sp³-hybridized carbons (Fsp3) is 0.500. The molecule has 0 amide bonds. The van der Waals surface area contributed by atoms with E-state index in [4.69, 9.17) is 0 Å². The van der Waals surface area contributed by atoms with Gasteiger partial charge in [0, 0.05) is 20.3 Å². The van der Waals surface area contributed by atoms with Crippen molar-refractivity contribution in [3.63, 3.8) is 0 Å². The van der Waals surface area contributed by atoms with E-state index in [-0.39, 0.29) is 12.4 Å². The third kappa shape index (κ3) is 7.28. The minimum Gasteiger partial charge on any atom is -1.00 e. The molecule has 0 saturated heterocycles. The van der Waals surface area contributed by atoms with Gasteiger partial charge in [-0.15, -0.1) is 0 Å². The highest BCUT2D eigenvalue weighted by Crippen LogP contribution is 1.86. The Kier molecular flexibility index (Phi) is 7.85. The Hall–Kier alpha value is -0.830. The first-order valence-corrected chi connectivity index (χ1v) is 3.41. The largest absolute Gasteiger partial charge is 1.00 e. The van der Waals surface area contributed by atoms with Gasteiger partial charge >= 0.3 is 0 Å². The number of hydrogen-bond acceptors (Lipinski definition) is 2. The molecule has 0 rings (SSSR count). The Morgan fingerprint density at radius 2 is 1.83 bits per heavy atom. The van der Waals surface area contributed by atoms with Gasteiger partial charge < -0.3 is 17.3 Å². The van der Waals surface area contributed by atoms with Gasteiger partial charge in [0.25, 0.3) is 0 Å². The fourth-order valence-corrected chi connectivity index (χ4v) is 0.690. The molecule has 0 aliphatic carbocycles. The number of aldehydes is 1. The Morgan fingerprint density at radius 3 is 2.08 bits per heavy atom. The van der Waals surface area contributed by atoms with E-state index in [1.165, 1.54) is 0 Å². The van der Waals surface area contributed by atoms with Crippen LogP contribution in [-0.4, -0.2) is 50.2 Å². The molecule has 0 aliphatic rings. The molecule has 0 aromatic heterocycles. The lowest BCUT2D eigenvalue weighted by Gasteiger charge is -2.02. The number of halogens is 1. The monoisotopic (exact) mass is 190 g/mol. The summed E-state index contributed by atoms with van der Waals surface area (Å²) in [6.07, 6.45) is 4.38. The van der Waals surface area contributed by atoms with E-state index in [0.29, 0.717) is 5.57 Å². The standard InChI is InChI=1S/C8H15N2O.ClH/c1-9(2)5-8(7-11)6-10(3)4;/h5-7H,1-4H3;1H/q+1;/p-1. The molecule has 0 aromatic carbocycles. The van der Waals surface area contributed by atoms with E-state index in [1.54, 1.807) is 12.4 Å². The van der Waals surface area contributed by atoms with Crippen molar-refractivity contribution in [2.75, 3.05) is 28.2 Å². The average molecular weight is 191 g/mol. The molecule has 0 heterocycles. The Labute approximate surface area is 79.8 Å². The number of rotatable bonds is 3. The van der Waals surface area contributed by atoms with Crippen LogP contribution in [-0.2, 0) is 4.79 Å². The van der Waals surface area contributed by atoms with E-state index in [1.807, 2.05) is 37.7 Å². The van der Waals surface area contributed by atoms with Gasteiger partial charge in [-0.3, -0.25) is 4.79 Å². The smallest absolute Gasteiger partial charge is 0.175 e. The lowest BCUT2D eigenvalue weighted by Crippen LogP contribution is -3.00. The third-order valence-electron chi connectivity index (χ3n) is 0.951. The number of carbonyl (C=O) groups excluding carboxylic acids is 1. The Morgan fingerprint density at radius 1 is 1.33 bits per heavy atom. The summed E-state index contributed by atoms with van der Waals surface area (Å²) in [5.74, 6) is 0. The molecule has 0 aromatic rings. The normalized spacial score (nSPS) is 9.83. The van der Waals surface area contributed by atoms with Crippen molar-refractivity contribution in [2.45, 2.75) is 0 Å². The summed E-state index contributed by atoms with van der Waals surface area (Å²) in [7, 11) is 7.53. The summed E-state index contributed by atoms with van der Waals surface area (Å²) in [4.78, 5) is 12.3. The summed E-state index contributed by atoms with van der Waals surface area (Å²) in [5.41, 5.74) is 0.667. The van der Waals surface area contributed by atoms with Crippen LogP contribution in [0.2, 0.25) is 0 Å². The van der Waals surface area contributed by atoms with Gasteiger partial charge in [0.1, 0.15) is 14.1 Å². The highest BCUT2D eigenvalue weighted by Gasteiger charge is 1.95. The van der Waals surface area contributed by atoms with E-state index >= 15 is 0 Å². The van der Waals surface area contributed by atoms with E-state index in [9.17, 15) is 4.79 Å². The van der Waals surface area contributed by atoms with Crippen LogP contribution in [0, 0.1) is 0 Å². The molecule has 4 heteroatoms. The molecule has 0 radical (unpaired) electrons. The molecule has 12 heavy (non-hydrogen) atoms. The van der Waals surface area contributed by atoms with E-state index < -0.39 is 0 Å². The van der Waals surface area contributed by atoms with Gasteiger partial charge in [0.05, 0.1) is 5.57 Å². The van der Waals surface area contributed by atoms with Crippen LogP contribution >= 0.6 is 0 Å². The van der Waals surface area contributed by atoms with Gasteiger partial charge in [-0.25, -0.2) is 4.58 Å². The lowest BCUT2D eigenvalue weighted by atomic mass is 10.3. The average Bonchev–Trinajstić information content (AvgIpc) is 1.84. The zero-order valence-corrected chi connectivity index (χ0v) is 8.67. The second kappa shape index (κ2) is 6.85. The van der Waals surface area contributed by atoms with Crippen molar-refractivity contribution in [3.8, 4) is 0 Å². The molecule has 0 bridgehead atoms. The minimum atomic E-state index is 0. The lowest BCUT2D eigenvalue weighted by molar-refractivity contribution is -0.458. The summed E-state index contributed by atoms with van der Waals surface area (Å²) >= 11 is 0. The zero-order chi connectivity index (χ0) is 8.85. The summed E-state index contributed by atoms with van der Waals surface area (Å²) in [5, 5.41) is 0. The number of hydrogen-bond donors (Lipinski definition) is 0. The predicted molar refractivity (Wildman–Crippen MR) is 46.0 cm³/mol. The zero-order valence-electron chi connectivity index (χ0n) is 7.91. The van der Waals surface area contributed by atoms with Crippen LogP contribution in [0.3, 0.4) is 0 Å². The highest BCUT2D eigenvalue weighted by atomic mass is 35.5. The van der Waals surface area contributed by atoms with Crippen molar-refractivity contribution >= 4 is 12.5 Å². The van der Waals surface area contributed by atoms with Crippen LogP contribution in [0.4, 0.5) is 0 Å². The molecule has 0 atom stereocenters. The Balaban J connectivity index is 0. The first kappa shape index (κ1) is 13.7. The van der Waals surface area contributed by atoms with Gasteiger partial charge in [-0.1, -0.05) is 0 Å². The predicted octanol–water partition coefficient (Wildman–Crippen LogP) is -3.02. The van der Waals surface area contributed by atoms with Gasteiger partial charge in [0.2, 0.25) is 0 Å². The molecule has 3 nitrogen and oxygen atoms in total. The van der Waals surface area contributed by atoms with Crippen molar-refractivity contribution in [1.82, 2.24) is 4.90 Å². The number of nitrogens with zero attached hydrogens (tertiary/aromatic N) is 2. The Bertz CT molecular complexity index is 193. The van der Waals surface area contributed by atoms with Crippen LogP contribution in [0.1, 0.15) is 0 Å². The van der Waals surface area contributed by atoms with Crippen molar-refractivity contribution in [3.05, 3.63) is 11.8 Å². The van der Waals surface area contributed by atoms with Crippen LogP contribution in [0.15, 0.2) is 11.8 Å². The number of allylic oxidation sites excluding steroid dienone is 1. The van der Waals surface area contributed by atoms with Crippen molar-refractivity contribution in [2.24, 2.45) is 0 Å². The van der Waals surface area contributed by atoms with Crippen LogP contribution < -0.4 is 12.4 Å². The molecule has 0 aliphatic heterocycles. The van der Waals surface area contributed by atoms with E-state index in [2.05, 4.69) is 0 Å². The molecule has 0 unspecified atom stereocenters. The molecule has 0 N–H and O–H groups in total. The van der Waals surface area contributed by atoms with Gasteiger partial charge in [-0.2, -0.15) is 0 Å². The van der Waals surface area contributed by atoms with Crippen molar-refractivity contribution < 1.29 is 21.8 Å². The third-order valence-corrected chi connectivity index (χ3v) is 0.951. The first-order valence-electron chi connectivity index (χ1n) is 3.41. The van der Waals surface area contributed by atoms with Crippen molar-refractivity contribution in [1.29, 1.82) is 0 Å². The highest BCUT2D eigenvalue weighted by molar-refractivity contribution is 5.99. The summed E-state index contributed by atoms with van der Waals surface area (Å²) < 4.78 is 1.84. The quantitative estimate of drug-likeness (QED) is 0.205. The maximum absolute atomic E-state index is 10.4. The first-order chi connectivity index (χ1) is 5.06. The second-order valence-corrected chi connectivity index (χ2v) is 2.80. The summed E-state index contributed by atoms with van der Waals surface area (Å²) in [6, 6.07) is 0. The minimum absolute atomic E-state index is 0. The maximum atomic E-state index is 10.4. The molecule has 0 spiro atoms. The SMILES string of the molecule is CN(C)/C=C(\C=O)C=[N+](C)C.[Cl-]. The summed E-state index contributed by atoms with van der Waals surface area (Å²) in [6.45, 7) is 0. The topological polar surface area (TPSA) is 23.3 Å².